The van der Waals surface area contributed by atoms with Gasteiger partial charge in [0.15, 0.2) is 6.61 Å². The number of aromatic nitrogens is 2. The zero-order valence-corrected chi connectivity index (χ0v) is 14.9. The van der Waals surface area contributed by atoms with E-state index in [4.69, 9.17) is 4.84 Å². The molecule has 0 atom stereocenters. The maximum Gasteiger partial charge on any atom is 0.422 e. The van der Waals surface area contributed by atoms with Gasteiger partial charge in [0.05, 0.1) is 6.54 Å². The van der Waals surface area contributed by atoms with Crippen molar-refractivity contribution in [3.63, 3.8) is 0 Å². The Bertz CT molecular complexity index is 962. The van der Waals surface area contributed by atoms with Crippen molar-refractivity contribution in [2.24, 2.45) is 5.92 Å². The number of amides is 2. The number of hydrogen-bond acceptors (Lipinski definition) is 6. The molecule has 2 amide bonds. The van der Waals surface area contributed by atoms with E-state index in [2.05, 4.69) is 20.0 Å². The molecule has 11 heteroatoms. The lowest BCUT2D eigenvalue weighted by molar-refractivity contribution is -0.154. The molecule has 2 aromatic rings. The maximum atomic E-state index is 12.7. The summed E-state index contributed by atoms with van der Waals surface area (Å²) in [5, 5.41) is 3.68. The number of halogens is 3. The molecular weight excluding hydrogens is 393 g/mol. The van der Waals surface area contributed by atoms with Gasteiger partial charge in [-0.15, -0.1) is 0 Å². The van der Waals surface area contributed by atoms with Gasteiger partial charge >= 0.3 is 6.18 Å². The van der Waals surface area contributed by atoms with E-state index in [0.717, 1.165) is 17.9 Å². The van der Waals surface area contributed by atoms with Crippen LogP contribution < -0.4 is 14.9 Å². The average Bonchev–Trinajstić information content (AvgIpc) is 3.44. The number of hydrogen-bond donors (Lipinski definition) is 1. The van der Waals surface area contributed by atoms with Crippen LogP contribution in [0.3, 0.4) is 0 Å². The summed E-state index contributed by atoms with van der Waals surface area (Å²) >= 11 is 0. The molecule has 29 heavy (non-hydrogen) atoms. The van der Waals surface area contributed by atoms with E-state index in [-0.39, 0.29) is 41.5 Å². The van der Waals surface area contributed by atoms with Gasteiger partial charge in [0.2, 0.25) is 11.8 Å². The Morgan fingerprint density at radius 2 is 2.07 bits per heavy atom. The molecule has 0 bridgehead atoms. The van der Waals surface area contributed by atoms with Gasteiger partial charge in [0.25, 0.3) is 11.8 Å². The molecule has 0 radical (unpaired) electrons. The molecule has 1 aliphatic heterocycles. The molecule has 1 saturated carbocycles. The molecule has 1 fully saturated rings. The smallest absolute Gasteiger partial charge is 0.422 e. The van der Waals surface area contributed by atoms with Gasteiger partial charge in [0, 0.05) is 29.3 Å². The van der Waals surface area contributed by atoms with Crippen molar-refractivity contribution in [1.29, 1.82) is 0 Å². The molecule has 1 aliphatic carbocycles. The van der Waals surface area contributed by atoms with Crippen molar-refractivity contribution < 1.29 is 32.3 Å². The monoisotopic (exact) mass is 408 g/mol. The summed E-state index contributed by atoms with van der Waals surface area (Å²) in [5.41, 5.74) is 0.751. The highest BCUT2D eigenvalue weighted by Crippen LogP contribution is 2.31. The molecule has 152 valence electrons. The molecule has 1 N–H and O–H groups in total. The molecule has 2 aromatic heterocycles. The van der Waals surface area contributed by atoms with Crippen LogP contribution in [0.4, 0.5) is 19.0 Å². The second-order valence-electron chi connectivity index (χ2n) is 6.64. The van der Waals surface area contributed by atoms with Gasteiger partial charge in [-0.2, -0.15) is 23.2 Å². The number of pyridine rings is 2. The minimum atomic E-state index is -4.49. The van der Waals surface area contributed by atoms with Crippen LogP contribution >= 0.6 is 0 Å². The summed E-state index contributed by atoms with van der Waals surface area (Å²) < 4.78 is 41.4. The number of alkyl halides is 3. The molecule has 8 nitrogen and oxygen atoms in total. The number of hydroxylamine groups is 2. The average molecular weight is 408 g/mol. The molecule has 0 aromatic carbocycles. The molecular formula is C18H15F3N4O4. The highest BCUT2D eigenvalue weighted by molar-refractivity contribution is 5.97. The third-order valence-corrected chi connectivity index (χ3v) is 4.24. The second-order valence-corrected chi connectivity index (χ2v) is 6.64. The Labute approximate surface area is 162 Å². The third kappa shape index (κ3) is 4.55. The largest absolute Gasteiger partial charge is 0.468 e. The summed E-state index contributed by atoms with van der Waals surface area (Å²) in [5.74, 6) is -0.663. The second kappa shape index (κ2) is 7.22. The van der Waals surface area contributed by atoms with Crippen LogP contribution in [0.2, 0.25) is 0 Å². The Kier molecular flexibility index (Phi) is 4.73. The number of carbonyl (C=O) groups is 2. The first kappa shape index (κ1) is 19.0. The minimum Gasteiger partial charge on any atom is -0.468 e. The fourth-order valence-corrected chi connectivity index (χ4v) is 2.64. The zero-order chi connectivity index (χ0) is 20.6. The summed E-state index contributed by atoms with van der Waals surface area (Å²) in [4.78, 5) is 37.8. The first-order valence-electron chi connectivity index (χ1n) is 8.75. The van der Waals surface area contributed by atoms with Crippen molar-refractivity contribution in [3.8, 4) is 11.8 Å². The van der Waals surface area contributed by atoms with Crippen LogP contribution in [0.5, 0.6) is 11.8 Å². The number of anilines is 1. The first-order chi connectivity index (χ1) is 13.8. The molecule has 4 rings (SSSR count). The van der Waals surface area contributed by atoms with Crippen LogP contribution in [0.1, 0.15) is 28.8 Å². The Balaban J connectivity index is 1.42. The van der Waals surface area contributed by atoms with E-state index in [0.29, 0.717) is 5.56 Å². The van der Waals surface area contributed by atoms with Gasteiger partial charge in [-0.25, -0.2) is 4.98 Å². The predicted octanol–water partition coefficient (Wildman–Crippen LogP) is 2.72. The van der Waals surface area contributed by atoms with Gasteiger partial charge in [-0.1, -0.05) is 0 Å². The predicted molar refractivity (Wildman–Crippen MR) is 91.9 cm³/mol. The lowest BCUT2D eigenvalue weighted by Gasteiger charge is -2.14. The zero-order valence-electron chi connectivity index (χ0n) is 14.9. The van der Waals surface area contributed by atoms with Crippen molar-refractivity contribution in [2.75, 3.05) is 11.9 Å². The summed E-state index contributed by atoms with van der Waals surface area (Å²) in [6.07, 6.45) is -1.42. The van der Waals surface area contributed by atoms with E-state index in [9.17, 15) is 22.8 Å². The van der Waals surface area contributed by atoms with Crippen LogP contribution in [0.15, 0.2) is 30.5 Å². The number of ether oxygens (including phenoxy) is 1. The molecule has 0 unspecified atom stereocenters. The molecule has 0 spiro atoms. The highest BCUT2D eigenvalue weighted by atomic mass is 19.4. The van der Waals surface area contributed by atoms with Crippen LogP contribution in [-0.4, -0.2) is 39.6 Å². The normalized spacial score (nSPS) is 15.5. The quantitative estimate of drug-likeness (QED) is 0.818. The lowest BCUT2D eigenvalue weighted by atomic mass is 10.2. The Hall–Kier alpha value is -3.37. The van der Waals surface area contributed by atoms with Crippen LogP contribution in [0.25, 0.3) is 0 Å². The van der Waals surface area contributed by atoms with Gasteiger partial charge in [-0.3, -0.25) is 9.59 Å². The number of nitrogens with zero attached hydrogens (tertiary/aromatic N) is 3. The minimum absolute atomic E-state index is 0.00524. The first-order valence-corrected chi connectivity index (χ1v) is 8.75. The summed E-state index contributed by atoms with van der Waals surface area (Å²) in [6, 6.07) is 5.65. The van der Waals surface area contributed by atoms with E-state index in [1.54, 1.807) is 0 Å². The Morgan fingerprint density at radius 1 is 1.28 bits per heavy atom. The van der Waals surface area contributed by atoms with Crippen molar-refractivity contribution >= 4 is 17.6 Å². The topological polar surface area (TPSA) is 93.7 Å². The van der Waals surface area contributed by atoms with E-state index in [1.165, 1.54) is 30.5 Å². The van der Waals surface area contributed by atoms with E-state index < -0.39 is 18.7 Å². The van der Waals surface area contributed by atoms with Gasteiger partial charge in [-0.05, 0) is 31.0 Å². The summed E-state index contributed by atoms with van der Waals surface area (Å²) in [7, 11) is 0. The molecule has 2 aliphatic rings. The van der Waals surface area contributed by atoms with E-state index in [1.807, 2.05) is 0 Å². The third-order valence-electron chi connectivity index (χ3n) is 4.24. The fraction of sp³-hybridized carbons (Fsp3) is 0.333. The number of fused-ring (bicyclic) bond motifs is 1. The molecule has 3 heterocycles. The number of rotatable bonds is 5. The summed E-state index contributed by atoms with van der Waals surface area (Å²) in [6.45, 7) is -1.42. The van der Waals surface area contributed by atoms with Gasteiger partial charge < -0.3 is 14.9 Å². The number of carbonyl (C=O) groups excluding carboxylic acids is 2. The van der Waals surface area contributed by atoms with Gasteiger partial charge in [0.1, 0.15) is 5.82 Å². The SMILES string of the molecule is O=C(Nc1cc(C(=O)N2Cc3ccc(OCC(F)(F)F)nc3O2)ccn1)C1CC1. The van der Waals surface area contributed by atoms with Crippen molar-refractivity contribution in [1.82, 2.24) is 15.0 Å². The number of nitrogens with one attached hydrogen (secondary N) is 1. The maximum absolute atomic E-state index is 12.7. The van der Waals surface area contributed by atoms with Crippen LogP contribution in [0, 0.1) is 5.92 Å². The lowest BCUT2D eigenvalue weighted by Crippen LogP contribution is -2.29. The Morgan fingerprint density at radius 3 is 2.79 bits per heavy atom. The highest BCUT2D eigenvalue weighted by Gasteiger charge is 2.32. The van der Waals surface area contributed by atoms with Crippen molar-refractivity contribution in [2.45, 2.75) is 25.6 Å². The standard InChI is InChI=1S/C18H15F3N4O4/c19-18(20,21)9-28-14-4-3-12-8-25(29-16(12)24-14)17(27)11-5-6-22-13(7-11)23-15(26)10-1-2-10/h3-7,10H,1-2,8-9H2,(H,22,23,26). The van der Waals surface area contributed by atoms with Crippen LogP contribution in [-0.2, 0) is 11.3 Å². The molecule has 0 saturated heterocycles. The fourth-order valence-electron chi connectivity index (χ4n) is 2.64. The van der Waals surface area contributed by atoms with Crippen molar-refractivity contribution in [3.05, 3.63) is 41.6 Å². The van der Waals surface area contributed by atoms with E-state index >= 15 is 0 Å².